The van der Waals surface area contributed by atoms with Crippen molar-refractivity contribution in [2.45, 2.75) is 19.8 Å². The average molecular weight is 272 g/mol. The van der Waals surface area contributed by atoms with Gasteiger partial charge in [0.15, 0.2) is 11.6 Å². The van der Waals surface area contributed by atoms with Crippen LogP contribution in [0.4, 0.5) is 21.6 Å². The van der Waals surface area contributed by atoms with Gasteiger partial charge in [-0.05, 0) is 30.5 Å². The molecule has 0 spiro atoms. The van der Waals surface area contributed by atoms with Gasteiger partial charge in [-0.25, -0.2) is 14.4 Å². The quantitative estimate of drug-likeness (QED) is 0.932. The van der Waals surface area contributed by atoms with E-state index in [-0.39, 0.29) is 11.6 Å². The molecule has 0 radical (unpaired) electrons. The number of fused-ring (bicyclic) bond motifs is 1. The van der Waals surface area contributed by atoms with Crippen LogP contribution in [0.15, 0.2) is 24.5 Å². The Morgan fingerprint density at radius 1 is 1.35 bits per heavy atom. The average Bonchev–Trinajstić information content (AvgIpc) is 2.83. The van der Waals surface area contributed by atoms with Gasteiger partial charge in [0, 0.05) is 25.0 Å². The summed E-state index contributed by atoms with van der Waals surface area (Å²) in [4.78, 5) is 10.1. The zero-order chi connectivity index (χ0) is 14.1. The van der Waals surface area contributed by atoms with Crippen LogP contribution in [-0.2, 0) is 12.8 Å². The van der Waals surface area contributed by atoms with Gasteiger partial charge in [-0.15, -0.1) is 0 Å². The first-order chi connectivity index (χ1) is 9.69. The Kier molecular flexibility index (Phi) is 3.26. The van der Waals surface area contributed by atoms with Crippen molar-refractivity contribution < 1.29 is 4.39 Å². The van der Waals surface area contributed by atoms with E-state index in [0.717, 1.165) is 18.7 Å². The molecule has 0 bridgehead atoms. The summed E-state index contributed by atoms with van der Waals surface area (Å²) in [5, 5.41) is 3.04. The Hall–Kier alpha value is -2.17. The predicted molar refractivity (Wildman–Crippen MR) is 78.1 cm³/mol. The monoisotopic (exact) mass is 272 g/mol. The zero-order valence-corrected chi connectivity index (χ0v) is 11.7. The molecule has 0 atom stereocenters. The largest absolute Gasteiger partial charge is 0.374 e. The molecule has 1 aromatic carbocycles. The Bertz CT molecular complexity index is 642. The lowest BCUT2D eigenvalue weighted by Crippen LogP contribution is -2.12. The fourth-order valence-electron chi connectivity index (χ4n) is 2.49. The number of nitrogens with zero attached hydrogens (tertiary/aromatic N) is 3. The van der Waals surface area contributed by atoms with Crippen LogP contribution in [0.1, 0.15) is 18.2 Å². The minimum atomic E-state index is -0.371. The molecule has 1 N–H and O–H groups in total. The lowest BCUT2D eigenvalue weighted by atomic mass is 10.1. The van der Waals surface area contributed by atoms with Crippen LogP contribution in [0.5, 0.6) is 0 Å². The van der Waals surface area contributed by atoms with Crippen molar-refractivity contribution >= 4 is 17.2 Å². The second-order valence-corrected chi connectivity index (χ2v) is 4.98. The SMILES string of the molecule is CCc1ncnc(Nc2ccc3c(c2)N(C)CC3)c1F. The Labute approximate surface area is 117 Å². The maximum atomic E-state index is 14.1. The first-order valence-corrected chi connectivity index (χ1v) is 6.79. The summed E-state index contributed by atoms with van der Waals surface area (Å²) in [7, 11) is 2.07. The molecule has 3 rings (SSSR count). The normalized spacial score (nSPS) is 13.4. The van der Waals surface area contributed by atoms with Gasteiger partial charge < -0.3 is 10.2 Å². The van der Waals surface area contributed by atoms with E-state index in [4.69, 9.17) is 0 Å². The summed E-state index contributed by atoms with van der Waals surface area (Å²) < 4.78 is 14.1. The van der Waals surface area contributed by atoms with Crippen molar-refractivity contribution in [2.24, 2.45) is 0 Å². The summed E-state index contributed by atoms with van der Waals surface area (Å²) in [6.45, 7) is 2.90. The molecule has 0 fully saturated rings. The van der Waals surface area contributed by atoms with E-state index >= 15 is 0 Å². The molecule has 5 heteroatoms. The van der Waals surface area contributed by atoms with Gasteiger partial charge in [0.05, 0.1) is 5.69 Å². The molecule has 104 valence electrons. The Balaban J connectivity index is 1.91. The number of anilines is 3. The summed E-state index contributed by atoms with van der Waals surface area (Å²) in [6, 6.07) is 6.08. The molecule has 0 unspecified atom stereocenters. The topological polar surface area (TPSA) is 41.1 Å². The highest BCUT2D eigenvalue weighted by Crippen LogP contribution is 2.30. The third kappa shape index (κ3) is 2.19. The number of aromatic nitrogens is 2. The molecule has 0 aliphatic carbocycles. The maximum absolute atomic E-state index is 14.1. The third-order valence-corrected chi connectivity index (χ3v) is 3.67. The predicted octanol–water partition coefficient (Wildman–Crippen LogP) is 2.91. The molecule has 20 heavy (non-hydrogen) atoms. The van der Waals surface area contributed by atoms with E-state index in [1.165, 1.54) is 17.6 Å². The number of hydrogen-bond acceptors (Lipinski definition) is 4. The number of benzene rings is 1. The first-order valence-electron chi connectivity index (χ1n) is 6.79. The van der Waals surface area contributed by atoms with Crippen LogP contribution in [0.3, 0.4) is 0 Å². The molecule has 1 aromatic heterocycles. The Morgan fingerprint density at radius 2 is 2.20 bits per heavy atom. The molecule has 2 aromatic rings. The maximum Gasteiger partial charge on any atom is 0.187 e. The third-order valence-electron chi connectivity index (χ3n) is 3.67. The lowest BCUT2D eigenvalue weighted by Gasteiger charge is -2.14. The van der Waals surface area contributed by atoms with Gasteiger partial charge in [-0.1, -0.05) is 13.0 Å². The number of rotatable bonds is 3. The number of halogens is 1. The Morgan fingerprint density at radius 3 is 3.00 bits per heavy atom. The molecule has 2 heterocycles. The van der Waals surface area contributed by atoms with Gasteiger partial charge in [-0.3, -0.25) is 0 Å². The molecular formula is C15H17FN4. The molecule has 0 amide bonds. The fraction of sp³-hybridized carbons (Fsp3) is 0.333. The van der Waals surface area contributed by atoms with Crippen molar-refractivity contribution in [3.05, 3.63) is 41.6 Å². The van der Waals surface area contributed by atoms with Gasteiger partial charge in [0.25, 0.3) is 0 Å². The van der Waals surface area contributed by atoms with Gasteiger partial charge in [0.1, 0.15) is 6.33 Å². The van der Waals surface area contributed by atoms with E-state index in [0.29, 0.717) is 12.1 Å². The minimum absolute atomic E-state index is 0.234. The van der Waals surface area contributed by atoms with Crippen LogP contribution in [0.2, 0.25) is 0 Å². The van der Waals surface area contributed by atoms with Crippen molar-refractivity contribution in [1.82, 2.24) is 9.97 Å². The highest BCUT2D eigenvalue weighted by atomic mass is 19.1. The van der Waals surface area contributed by atoms with E-state index in [9.17, 15) is 4.39 Å². The number of nitrogens with one attached hydrogen (secondary N) is 1. The summed E-state index contributed by atoms with van der Waals surface area (Å²) in [6.07, 6.45) is 3.01. The van der Waals surface area contributed by atoms with E-state index in [2.05, 4.69) is 33.3 Å². The highest BCUT2D eigenvalue weighted by Gasteiger charge is 2.16. The number of likely N-dealkylation sites (N-methyl/N-ethyl adjacent to an activating group) is 1. The van der Waals surface area contributed by atoms with Crippen molar-refractivity contribution in [3.8, 4) is 0 Å². The molecule has 1 aliphatic heterocycles. The molecule has 1 aliphatic rings. The number of hydrogen-bond donors (Lipinski definition) is 1. The van der Waals surface area contributed by atoms with Crippen LogP contribution in [0.25, 0.3) is 0 Å². The summed E-state index contributed by atoms with van der Waals surface area (Å²) in [5.41, 5.74) is 3.80. The van der Waals surface area contributed by atoms with E-state index in [1.807, 2.05) is 19.1 Å². The second-order valence-electron chi connectivity index (χ2n) is 4.98. The highest BCUT2D eigenvalue weighted by molar-refractivity contribution is 5.68. The first kappa shape index (κ1) is 12.8. The zero-order valence-electron chi connectivity index (χ0n) is 11.7. The van der Waals surface area contributed by atoms with Gasteiger partial charge in [-0.2, -0.15) is 0 Å². The van der Waals surface area contributed by atoms with Crippen molar-refractivity contribution in [2.75, 3.05) is 23.8 Å². The minimum Gasteiger partial charge on any atom is -0.374 e. The fourth-order valence-corrected chi connectivity index (χ4v) is 2.49. The van der Waals surface area contributed by atoms with Crippen LogP contribution >= 0.6 is 0 Å². The molecular weight excluding hydrogens is 255 g/mol. The van der Waals surface area contributed by atoms with Crippen LogP contribution in [0, 0.1) is 5.82 Å². The van der Waals surface area contributed by atoms with Gasteiger partial charge in [0.2, 0.25) is 0 Å². The van der Waals surface area contributed by atoms with Crippen molar-refractivity contribution in [3.63, 3.8) is 0 Å². The standard InChI is InChI=1S/C15H17FN4/c1-3-12-14(16)15(18-9-17-12)19-11-5-4-10-6-7-20(2)13(10)8-11/h4-5,8-9H,3,6-7H2,1-2H3,(H,17,18,19). The van der Waals surface area contributed by atoms with Crippen LogP contribution < -0.4 is 10.2 Å². The smallest absolute Gasteiger partial charge is 0.187 e. The molecule has 0 saturated carbocycles. The van der Waals surface area contributed by atoms with Gasteiger partial charge >= 0.3 is 0 Å². The van der Waals surface area contributed by atoms with Crippen LogP contribution in [-0.4, -0.2) is 23.6 Å². The molecule has 4 nitrogen and oxygen atoms in total. The summed E-state index contributed by atoms with van der Waals surface area (Å²) >= 11 is 0. The van der Waals surface area contributed by atoms with E-state index in [1.54, 1.807) is 0 Å². The second kappa shape index (κ2) is 5.07. The molecule has 0 saturated heterocycles. The van der Waals surface area contributed by atoms with Crippen molar-refractivity contribution in [1.29, 1.82) is 0 Å². The van der Waals surface area contributed by atoms with E-state index < -0.39 is 0 Å². The lowest BCUT2D eigenvalue weighted by molar-refractivity contribution is 0.599. The summed E-state index contributed by atoms with van der Waals surface area (Å²) in [5.74, 6) is -0.138. The number of aryl methyl sites for hydroxylation is 1.